The topological polar surface area (TPSA) is 119 Å². The maximum absolute atomic E-state index is 13.3. The van der Waals surface area contributed by atoms with Crippen molar-refractivity contribution in [1.29, 1.82) is 0 Å². The molecule has 7 rings (SSSR count). The van der Waals surface area contributed by atoms with Crippen molar-refractivity contribution >= 4 is 28.8 Å². The van der Waals surface area contributed by atoms with Crippen LogP contribution in [-0.2, 0) is 17.6 Å². The van der Waals surface area contributed by atoms with Crippen LogP contribution in [0.25, 0.3) is 22.0 Å². The molecule has 5 aromatic rings. The molecule has 1 saturated carbocycles. The Morgan fingerprint density at radius 1 is 0.975 bits per heavy atom. The van der Waals surface area contributed by atoms with E-state index in [9.17, 15) is 4.79 Å². The minimum absolute atomic E-state index is 0.0864. The van der Waals surface area contributed by atoms with Gasteiger partial charge in [-0.15, -0.1) is 16.4 Å². The van der Waals surface area contributed by atoms with E-state index in [4.69, 9.17) is 14.4 Å². The van der Waals surface area contributed by atoms with Gasteiger partial charge < -0.3 is 9.73 Å². The van der Waals surface area contributed by atoms with Crippen LogP contribution < -0.4 is 5.32 Å². The second-order valence-electron chi connectivity index (χ2n) is 9.85. The number of anilines is 1. The lowest BCUT2D eigenvalue weighted by Gasteiger charge is -2.11. The van der Waals surface area contributed by atoms with E-state index in [1.54, 1.807) is 11.3 Å². The van der Waals surface area contributed by atoms with Crippen molar-refractivity contribution in [3.05, 3.63) is 94.5 Å². The van der Waals surface area contributed by atoms with Gasteiger partial charge in [-0.1, -0.05) is 66.6 Å². The van der Waals surface area contributed by atoms with E-state index in [1.165, 1.54) is 0 Å². The monoisotopic (exact) mass is 547 g/mol. The largest absolute Gasteiger partial charge is 0.402 e. The summed E-state index contributed by atoms with van der Waals surface area (Å²) >= 11 is 1.62. The molecule has 40 heavy (non-hydrogen) atoms. The molecule has 2 aromatic carbocycles. The predicted octanol–water partition coefficient (Wildman–Crippen LogP) is 5.49. The summed E-state index contributed by atoms with van der Waals surface area (Å²) in [7, 11) is 0. The smallest absolute Gasteiger partial charge is 0.317 e. The van der Waals surface area contributed by atoms with Gasteiger partial charge in [0.1, 0.15) is 11.5 Å². The van der Waals surface area contributed by atoms with Crippen LogP contribution in [-0.4, -0.2) is 42.8 Å². The predicted molar refractivity (Wildman–Crippen MR) is 152 cm³/mol. The third kappa shape index (κ3) is 4.71. The lowest BCUT2D eigenvalue weighted by molar-refractivity contribution is -0.119. The van der Waals surface area contributed by atoms with Gasteiger partial charge >= 0.3 is 6.01 Å². The number of carbonyl (C=O) groups excluding carboxylic acids is 1. The Hall–Kier alpha value is -4.57. The first kappa shape index (κ1) is 24.5. The number of carbonyl (C=O) groups is 1. The second-order valence-corrected chi connectivity index (χ2v) is 10.9. The molecule has 1 fully saturated rings. The lowest BCUT2D eigenvalue weighted by atomic mass is 9.96. The molecule has 198 valence electrons. The number of aliphatic imine (C=N–C) groups is 1. The molecule has 0 unspecified atom stereocenters. The summed E-state index contributed by atoms with van der Waals surface area (Å²) in [6, 6.07) is 17.8. The van der Waals surface area contributed by atoms with Crippen LogP contribution in [0, 0.1) is 0 Å². The Morgan fingerprint density at radius 2 is 1.75 bits per heavy atom. The van der Waals surface area contributed by atoms with Gasteiger partial charge in [0.15, 0.2) is 11.9 Å². The third-order valence-electron chi connectivity index (χ3n) is 6.99. The Labute approximate surface area is 234 Å². The van der Waals surface area contributed by atoms with E-state index in [-0.39, 0.29) is 24.1 Å². The van der Waals surface area contributed by atoms with E-state index >= 15 is 0 Å². The van der Waals surface area contributed by atoms with Crippen LogP contribution in [0.1, 0.15) is 53.2 Å². The van der Waals surface area contributed by atoms with Gasteiger partial charge in [0, 0.05) is 47.8 Å². The zero-order valence-electron chi connectivity index (χ0n) is 21.7. The van der Waals surface area contributed by atoms with Gasteiger partial charge in [-0.05, 0) is 18.4 Å². The van der Waals surface area contributed by atoms with Crippen LogP contribution in [0.5, 0.6) is 0 Å². The molecule has 1 aliphatic carbocycles. The van der Waals surface area contributed by atoms with Crippen molar-refractivity contribution in [2.24, 2.45) is 4.99 Å². The number of aryl methyl sites for hydroxylation is 1. The molecule has 9 nitrogen and oxygen atoms in total. The highest BCUT2D eigenvalue weighted by atomic mass is 32.1. The molecule has 0 spiro atoms. The fourth-order valence-electron chi connectivity index (χ4n) is 4.73. The van der Waals surface area contributed by atoms with Crippen LogP contribution in [0.3, 0.4) is 0 Å². The van der Waals surface area contributed by atoms with Crippen LogP contribution in [0.2, 0.25) is 0 Å². The number of ketones is 1. The number of Topliss-reactive ketones (excluding diaryl/α,β-unsaturated/α-hetero) is 1. The molecule has 10 heteroatoms. The average molecular weight is 548 g/mol. The lowest BCUT2D eigenvalue weighted by Crippen LogP contribution is -2.29. The highest BCUT2D eigenvalue weighted by Gasteiger charge is 2.31. The van der Waals surface area contributed by atoms with Crippen LogP contribution in [0.15, 0.2) is 76.4 Å². The summed E-state index contributed by atoms with van der Waals surface area (Å²) in [6.07, 6.45) is 6.01. The molecule has 2 aliphatic rings. The van der Waals surface area contributed by atoms with Crippen molar-refractivity contribution in [1.82, 2.24) is 25.1 Å². The molecule has 0 saturated heterocycles. The summed E-state index contributed by atoms with van der Waals surface area (Å²) in [5, 5.41) is 12.6. The van der Waals surface area contributed by atoms with Crippen molar-refractivity contribution < 1.29 is 9.21 Å². The first-order chi connectivity index (χ1) is 19.7. The normalized spacial score (nSPS) is 16.8. The summed E-state index contributed by atoms with van der Waals surface area (Å²) in [4.78, 5) is 32.9. The number of nitrogens with zero attached hydrogens (tertiary/aromatic N) is 6. The van der Waals surface area contributed by atoms with E-state index in [0.717, 1.165) is 62.9 Å². The zero-order valence-corrected chi connectivity index (χ0v) is 22.6. The number of hydrogen-bond acceptors (Lipinski definition) is 10. The summed E-state index contributed by atoms with van der Waals surface area (Å²) in [5.74, 6) is 1.44. The maximum atomic E-state index is 13.3. The van der Waals surface area contributed by atoms with Crippen molar-refractivity contribution in [3.8, 4) is 22.0 Å². The molecule has 0 bridgehead atoms. The van der Waals surface area contributed by atoms with Gasteiger partial charge in [0.05, 0.1) is 15.6 Å². The maximum Gasteiger partial charge on any atom is 0.317 e. The molecule has 1 atom stereocenters. The Balaban J connectivity index is 1.22. The fourth-order valence-corrected chi connectivity index (χ4v) is 5.93. The van der Waals surface area contributed by atoms with E-state index in [0.29, 0.717) is 11.6 Å². The number of nitrogens with one attached hydrogen (secondary N) is 1. The molecular weight excluding hydrogens is 522 g/mol. The first-order valence-electron chi connectivity index (χ1n) is 13.3. The Bertz CT molecular complexity index is 1720. The van der Waals surface area contributed by atoms with E-state index < -0.39 is 6.17 Å². The average Bonchev–Trinajstić information content (AvgIpc) is 3.62. The van der Waals surface area contributed by atoms with Gasteiger partial charge in [-0.2, -0.15) is 0 Å². The SMILES string of the molecule is CCc1ncc(-c2sc(C3CC3)nc2-c2nnc(N[C@@H]3N=C(c4ccccc4)c4ccccc4CC3=O)o2)cn1. The van der Waals surface area contributed by atoms with Gasteiger partial charge in [-0.3, -0.25) is 9.79 Å². The van der Waals surface area contributed by atoms with Gasteiger partial charge in [-0.25, -0.2) is 15.0 Å². The number of fused-ring (bicyclic) bond motifs is 1. The van der Waals surface area contributed by atoms with E-state index in [1.807, 2.05) is 73.9 Å². The summed E-state index contributed by atoms with van der Waals surface area (Å²) < 4.78 is 6.05. The highest BCUT2D eigenvalue weighted by molar-refractivity contribution is 7.15. The number of benzene rings is 2. The Kier molecular flexibility index (Phi) is 6.24. The number of hydrogen-bond donors (Lipinski definition) is 1. The molecule has 3 aromatic heterocycles. The molecule has 0 amide bonds. The number of thiazole rings is 1. The number of aromatic nitrogens is 5. The summed E-state index contributed by atoms with van der Waals surface area (Å²) in [6.45, 7) is 2.02. The van der Waals surface area contributed by atoms with Crippen LogP contribution >= 0.6 is 11.3 Å². The van der Waals surface area contributed by atoms with Crippen molar-refractivity contribution in [2.75, 3.05) is 5.32 Å². The van der Waals surface area contributed by atoms with Crippen LogP contribution in [0.4, 0.5) is 6.01 Å². The first-order valence-corrected chi connectivity index (χ1v) is 14.1. The molecule has 1 N–H and O–H groups in total. The van der Waals surface area contributed by atoms with Crippen molar-refractivity contribution in [2.45, 2.75) is 44.7 Å². The van der Waals surface area contributed by atoms with Gasteiger partial charge in [0.2, 0.25) is 0 Å². The third-order valence-corrected chi connectivity index (χ3v) is 8.26. The quantitative estimate of drug-likeness (QED) is 0.284. The zero-order chi connectivity index (χ0) is 27.1. The summed E-state index contributed by atoms with van der Waals surface area (Å²) in [5.41, 5.74) is 5.01. The minimum Gasteiger partial charge on any atom is -0.402 e. The highest BCUT2D eigenvalue weighted by Crippen LogP contribution is 2.46. The standard InChI is InChI=1S/C30H25N7O2S/c1-2-23-31-15-20(16-32-23)26-25(34-29(40-26)18-12-13-18)28-36-37-30(39-28)35-27-22(38)14-19-10-6-7-11-21(19)24(33-27)17-8-4-3-5-9-17/h3-11,15-16,18,27H,2,12-14H2,1H3,(H,35,37)/t27-/m0/s1. The molecule has 1 aliphatic heterocycles. The molecule has 0 radical (unpaired) electrons. The minimum atomic E-state index is -0.886. The second kappa shape index (κ2) is 10.2. The molecular formula is C30H25N7O2S. The number of rotatable bonds is 7. The fraction of sp³-hybridized carbons (Fsp3) is 0.233. The van der Waals surface area contributed by atoms with E-state index in [2.05, 4.69) is 25.5 Å². The molecule has 4 heterocycles. The van der Waals surface area contributed by atoms with Crippen molar-refractivity contribution in [3.63, 3.8) is 0 Å². The van der Waals surface area contributed by atoms with Gasteiger partial charge in [0.25, 0.3) is 5.89 Å². The Morgan fingerprint density at radius 3 is 2.52 bits per heavy atom.